The molecule has 7 heteroatoms. The van der Waals surface area contributed by atoms with Gasteiger partial charge in [-0.05, 0) is 23.8 Å². The van der Waals surface area contributed by atoms with E-state index in [1.54, 1.807) is 18.0 Å². The van der Waals surface area contributed by atoms with E-state index in [-0.39, 0.29) is 0 Å². The van der Waals surface area contributed by atoms with Crippen molar-refractivity contribution in [2.45, 2.75) is 12.6 Å². The molecule has 21 heavy (non-hydrogen) atoms. The van der Waals surface area contributed by atoms with Crippen LogP contribution in [0.1, 0.15) is 23.3 Å². The number of nitrogens with two attached hydrogens (primary N) is 1. The molecule has 0 saturated carbocycles. The third kappa shape index (κ3) is 2.92. The number of rotatable bonds is 5. The maximum atomic E-state index is 6.20. The fraction of sp³-hybridized carbons (Fsp3) is 0.214. The highest BCUT2D eigenvalue weighted by molar-refractivity contribution is 5.32. The quantitative estimate of drug-likeness (QED) is 0.731. The number of methoxy groups -OCH3 is 1. The van der Waals surface area contributed by atoms with Crippen molar-refractivity contribution in [2.24, 2.45) is 5.73 Å². The predicted octanol–water partition coefficient (Wildman–Crippen LogP) is 1.11. The Morgan fingerprint density at radius 3 is 3.05 bits per heavy atom. The molecular formula is C14H16N6O. The zero-order valence-electron chi connectivity index (χ0n) is 11.6. The zero-order chi connectivity index (χ0) is 14.7. The van der Waals surface area contributed by atoms with Crippen LogP contribution in [0.2, 0.25) is 0 Å². The van der Waals surface area contributed by atoms with Crippen molar-refractivity contribution < 1.29 is 4.74 Å². The van der Waals surface area contributed by atoms with Gasteiger partial charge in [-0.3, -0.25) is 9.78 Å². The highest BCUT2D eigenvalue weighted by Gasteiger charge is 2.15. The third-order valence-electron chi connectivity index (χ3n) is 3.15. The van der Waals surface area contributed by atoms with Gasteiger partial charge in [0.1, 0.15) is 18.1 Å². The Morgan fingerprint density at radius 1 is 1.38 bits per heavy atom. The number of aromatic nitrogens is 5. The molecule has 3 N–H and O–H groups in total. The van der Waals surface area contributed by atoms with Crippen molar-refractivity contribution in [3.8, 4) is 5.75 Å². The third-order valence-corrected chi connectivity index (χ3v) is 3.15. The number of nitrogens with one attached hydrogen (secondary N) is 1. The van der Waals surface area contributed by atoms with Crippen LogP contribution in [-0.4, -0.2) is 32.1 Å². The molecule has 0 bridgehead atoms. The van der Waals surface area contributed by atoms with Gasteiger partial charge in [0.2, 0.25) is 0 Å². The summed E-state index contributed by atoms with van der Waals surface area (Å²) in [7, 11) is 1.62. The van der Waals surface area contributed by atoms with Crippen LogP contribution >= 0.6 is 0 Å². The Hall–Kier alpha value is -2.67. The number of benzene rings is 1. The molecule has 0 unspecified atom stereocenters. The van der Waals surface area contributed by atoms with E-state index in [2.05, 4.69) is 20.3 Å². The van der Waals surface area contributed by atoms with E-state index in [1.807, 2.05) is 36.5 Å². The summed E-state index contributed by atoms with van der Waals surface area (Å²) in [6.07, 6.45) is 3.59. The summed E-state index contributed by atoms with van der Waals surface area (Å²) in [4.78, 5) is 4.42. The summed E-state index contributed by atoms with van der Waals surface area (Å²) >= 11 is 0. The van der Waals surface area contributed by atoms with Crippen LogP contribution in [-0.2, 0) is 6.54 Å². The molecule has 0 spiro atoms. The topological polar surface area (TPSA) is 94.6 Å². The average Bonchev–Trinajstić information content (AvgIpc) is 3.19. The van der Waals surface area contributed by atoms with Crippen LogP contribution in [0.15, 0.2) is 42.7 Å². The molecule has 7 nitrogen and oxygen atoms in total. The van der Waals surface area contributed by atoms with Gasteiger partial charge in [0.05, 0.1) is 13.2 Å². The Kier molecular flexibility index (Phi) is 3.65. The average molecular weight is 284 g/mol. The Balaban J connectivity index is 1.78. The van der Waals surface area contributed by atoms with Crippen LogP contribution in [0.4, 0.5) is 0 Å². The fourth-order valence-corrected chi connectivity index (χ4v) is 2.05. The van der Waals surface area contributed by atoms with Crippen molar-refractivity contribution in [3.63, 3.8) is 0 Å². The molecule has 0 fully saturated rings. The smallest absolute Gasteiger partial charge is 0.171 e. The number of aromatic amines is 1. The van der Waals surface area contributed by atoms with Crippen molar-refractivity contribution >= 4 is 0 Å². The maximum absolute atomic E-state index is 6.20. The van der Waals surface area contributed by atoms with Crippen LogP contribution in [0.25, 0.3) is 0 Å². The lowest BCUT2D eigenvalue weighted by Gasteiger charge is -2.09. The van der Waals surface area contributed by atoms with E-state index in [0.29, 0.717) is 18.2 Å². The van der Waals surface area contributed by atoms with Crippen molar-refractivity contribution in [2.75, 3.05) is 7.11 Å². The molecule has 0 aliphatic rings. The van der Waals surface area contributed by atoms with Gasteiger partial charge >= 0.3 is 0 Å². The first kappa shape index (κ1) is 13.3. The van der Waals surface area contributed by atoms with Crippen LogP contribution < -0.4 is 10.5 Å². The van der Waals surface area contributed by atoms with Crippen molar-refractivity contribution in [1.82, 2.24) is 25.0 Å². The van der Waals surface area contributed by atoms with E-state index in [1.165, 1.54) is 0 Å². The second kappa shape index (κ2) is 5.76. The molecule has 1 aromatic carbocycles. The lowest BCUT2D eigenvalue weighted by atomic mass is 10.1. The van der Waals surface area contributed by atoms with Crippen LogP contribution in [0, 0.1) is 0 Å². The largest absolute Gasteiger partial charge is 0.497 e. The van der Waals surface area contributed by atoms with E-state index < -0.39 is 6.04 Å². The fourth-order valence-electron chi connectivity index (χ4n) is 2.05. The molecule has 0 amide bonds. The molecular weight excluding hydrogens is 268 g/mol. The lowest BCUT2D eigenvalue weighted by molar-refractivity contribution is 0.414. The highest BCUT2D eigenvalue weighted by Crippen LogP contribution is 2.21. The SMILES string of the molecule is COc1cccc([C@@H](N)c2n[nH]c(Cn3cccn3)n2)c1. The minimum atomic E-state index is -0.400. The summed E-state index contributed by atoms with van der Waals surface area (Å²) in [5.74, 6) is 2.02. The van der Waals surface area contributed by atoms with Gasteiger partial charge in [-0.2, -0.15) is 10.2 Å². The predicted molar refractivity (Wildman–Crippen MR) is 76.7 cm³/mol. The number of hydrogen-bond acceptors (Lipinski definition) is 5. The molecule has 3 aromatic rings. The van der Waals surface area contributed by atoms with Gasteiger partial charge in [0.15, 0.2) is 5.82 Å². The van der Waals surface area contributed by atoms with Gasteiger partial charge in [0.25, 0.3) is 0 Å². The van der Waals surface area contributed by atoms with Crippen LogP contribution in [0.3, 0.4) is 0 Å². The number of nitrogens with zero attached hydrogens (tertiary/aromatic N) is 4. The second-order valence-corrected chi connectivity index (χ2v) is 4.60. The summed E-state index contributed by atoms with van der Waals surface area (Å²) in [6, 6.07) is 9.04. The first-order chi connectivity index (χ1) is 10.3. The number of ether oxygens (including phenoxy) is 1. The molecule has 3 rings (SSSR count). The molecule has 0 saturated heterocycles. The minimum absolute atomic E-state index is 0.400. The van der Waals surface area contributed by atoms with Gasteiger partial charge in [0, 0.05) is 12.4 Å². The maximum Gasteiger partial charge on any atom is 0.171 e. The lowest BCUT2D eigenvalue weighted by Crippen LogP contribution is -2.14. The van der Waals surface area contributed by atoms with Crippen molar-refractivity contribution in [3.05, 3.63) is 59.9 Å². The van der Waals surface area contributed by atoms with Gasteiger partial charge in [-0.15, -0.1) is 0 Å². The summed E-state index contributed by atoms with van der Waals surface area (Å²) in [5.41, 5.74) is 7.11. The van der Waals surface area contributed by atoms with Gasteiger partial charge in [-0.1, -0.05) is 12.1 Å². The molecule has 2 heterocycles. The van der Waals surface area contributed by atoms with Gasteiger partial charge < -0.3 is 10.5 Å². The Labute approximate surface area is 121 Å². The molecule has 0 aliphatic heterocycles. The molecule has 0 aliphatic carbocycles. The molecule has 1 atom stereocenters. The molecule has 0 radical (unpaired) electrons. The Morgan fingerprint density at radius 2 is 2.29 bits per heavy atom. The van der Waals surface area contributed by atoms with E-state index in [9.17, 15) is 0 Å². The number of H-pyrrole nitrogens is 1. The molecule has 2 aromatic heterocycles. The van der Waals surface area contributed by atoms with E-state index in [4.69, 9.17) is 10.5 Å². The highest BCUT2D eigenvalue weighted by atomic mass is 16.5. The summed E-state index contributed by atoms with van der Waals surface area (Å²) in [6.45, 7) is 0.533. The van der Waals surface area contributed by atoms with E-state index in [0.717, 1.165) is 11.3 Å². The second-order valence-electron chi connectivity index (χ2n) is 4.60. The van der Waals surface area contributed by atoms with Crippen molar-refractivity contribution in [1.29, 1.82) is 0 Å². The van der Waals surface area contributed by atoms with E-state index >= 15 is 0 Å². The monoisotopic (exact) mass is 284 g/mol. The summed E-state index contributed by atoms with van der Waals surface area (Å²) < 4.78 is 6.97. The zero-order valence-corrected chi connectivity index (χ0v) is 11.6. The summed E-state index contributed by atoms with van der Waals surface area (Å²) in [5, 5.41) is 11.2. The standard InChI is InChI=1S/C14H16N6O/c1-21-11-5-2-4-10(8-11)13(15)14-17-12(18-19-14)9-20-7-3-6-16-20/h2-8,13H,9,15H2,1H3,(H,17,18,19)/t13-/m1/s1. The Bertz CT molecular complexity index is 706. The first-order valence-electron chi connectivity index (χ1n) is 6.54. The minimum Gasteiger partial charge on any atom is -0.497 e. The normalized spacial score (nSPS) is 12.3. The number of hydrogen-bond donors (Lipinski definition) is 2. The molecule has 108 valence electrons. The van der Waals surface area contributed by atoms with Gasteiger partial charge in [-0.25, -0.2) is 4.98 Å². The first-order valence-corrected chi connectivity index (χ1v) is 6.54. The van der Waals surface area contributed by atoms with Crippen LogP contribution in [0.5, 0.6) is 5.75 Å².